The molecule has 156 valence electrons. The van der Waals surface area contributed by atoms with Crippen LogP contribution in [0.15, 0.2) is 54.6 Å². The summed E-state index contributed by atoms with van der Waals surface area (Å²) in [5.74, 6) is 0.202. The number of nitro groups is 2. The fourth-order valence-electron chi connectivity index (χ4n) is 2.22. The highest BCUT2D eigenvalue weighted by Gasteiger charge is 2.15. The van der Waals surface area contributed by atoms with E-state index in [9.17, 15) is 20.2 Å². The van der Waals surface area contributed by atoms with Crippen LogP contribution in [0.2, 0.25) is 15.5 Å². The van der Waals surface area contributed by atoms with Crippen molar-refractivity contribution >= 4 is 52.0 Å². The van der Waals surface area contributed by atoms with Crippen LogP contribution in [0.4, 0.5) is 17.2 Å². The molecule has 0 spiro atoms. The lowest BCUT2D eigenvalue weighted by Crippen LogP contribution is -2.08. The zero-order valence-corrected chi connectivity index (χ0v) is 17.4. The minimum Gasteiger partial charge on any atom is -0.364 e. The smallest absolute Gasteiger partial charge is 0.311 e. The van der Waals surface area contributed by atoms with E-state index in [1.165, 1.54) is 24.3 Å². The number of aromatic nitrogens is 2. The number of nitrogens with zero attached hydrogens (tertiary/aromatic N) is 4. The lowest BCUT2D eigenvalue weighted by atomic mass is 10.1. The van der Waals surface area contributed by atoms with E-state index in [1.54, 1.807) is 0 Å². The second kappa shape index (κ2) is 11.2. The van der Waals surface area contributed by atoms with Gasteiger partial charge in [-0.2, -0.15) is 0 Å². The van der Waals surface area contributed by atoms with Crippen molar-refractivity contribution < 1.29 is 9.85 Å². The van der Waals surface area contributed by atoms with Crippen LogP contribution >= 0.6 is 34.8 Å². The summed E-state index contributed by atoms with van der Waals surface area (Å²) >= 11 is 16.5. The van der Waals surface area contributed by atoms with Crippen LogP contribution in [-0.4, -0.2) is 26.4 Å². The zero-order chi connectivity index (χ0) is 22.1. The van der Waals surface area contributed by atoms with E-state index >= 15 is 0 Å². The standard InChI is InChI=1S/C13H12ClN3O2.C5H2Cl2N2O2/c14-12-7-6-11(17(18)19)13(16-12)15-9-8-10-4-2-1-3-5-10;6-4-2-1-3(9(10)11)5(7)8-4/h1-7H,8-9H2,(H,15,16);1-2H. The van der Waals surface area contributed by atoms with Crippen molar-refractivity contribution in [2.75, 3.05) is 11.9 Å². The average molecular weight is 471 g/mol. The first-order valence-corrected chi connectivity index (χ1v) is 9.46. The number of hydrogen-bond acceptors (Lipinski definition) is 7. The minimum absolute atomic E-state index is 0.0718. The maximum atomic E-state index is 10.8. The minimum atomic E-state index is -0.619. The van der Waals surface area contributed by atoms with Gasteiger partial charge in [-0.05, 0) is 24.1 Å². The van der Waals surface area contributed by atoms with Gasteiger partial charge in [0.05, 0.1) is 9.85 Å². The van der Waals surface area contributed by atoms with E-state index in [0.717, 1.165) is 12.0 Å². The maximum Gasteiger partial charge on any atom is 0.311 e. The molecule has 0 bridgehead atoms. The normalized spacial score (nSPS) is 9.97. The molecule has 0 atom stereocenters. The third-order valence-corrected chi connectivity index (χ3v) is 4.28. The van der Waals surface area contributed by atoms with Crippen LogP contribution in [0.5, 0.6) is 0 Å². The Kier molecular flexibility index (Phi) is 8.72. The van der Waals surface area contributed by atoms with Gasteiger partial charge in [-0.25, -0.2) is 9.97 Å². The molecule has 0 unspecified atom stereocenters. The molecular formula is C18H14Cl3N5O4. The van der Waals surface area contributed by atoms with E-state index in [4.69, 9.17) is 34.8 Å². The number of hydrogen-bond donors (Lipinski definition) is 1. The molecule has 3 rings (SSSR count). The molecule has 0 aliphatic carbocycles. The van der Waals surface area contributed by atoms with Crippen molar-refractivity contribution in [1.82, 2.24) is 9.97 Å². The third-order valence-electron chi connectivity index (χ3n) is 3.58. The fraction of sp³-hybridized carbons (Fsp3) is 0.111. The number of nitrogens with one attached hydrogen (secondary N) is 1. The van der Waals surface area contributed by atoms with Crippen LogP contribution in [0.25, 0.3) is 0 Å². The Morgan fingerprint density at radius 2 is 1.37 bits per heavy atom. The molecule has 0 amide bonds. The first-order chi connectivity index (χ1) is 14.3. The second-order valence-corrected chi connectivity index (χ2v) is 6.75. The monoisotopic (exact) mass is 469 g/mol. The van der Waals surface area contributed by atoms with Crippen LogP contribution in [0.3, 0.4) is 0 Å². The second-order valence-electron chi connectivity index (χ2n) is 5.62. The van der Waals surface area contributed by atoms with Gasteiger partial charge in [-0.3, -0.25) is 20.2 Å². The Bertz CT molecular complexity index is 1040. The Hall–Kier alpha value is -3.01. The fourth-order valence-corrected chi connectivity index (χ4v) is 2.78. The Morgan fingerprint density at radius 3 is 1.93 bits per heavy atom. The number of halogens is 3. The van der Waals surface area contributed by atoms with Gasteiger partial charge in [0.15, 0.2) is 0 Å². The van der Waals surface area contributed by atoms with Crippen molar-refractivity contribution in [3.8, 4) is 0 Å². The van der Waals surface area contributed by atoms with E-state index in [2.05, 4.69) is 15.3 Å². The predicted molar refractivity (Wildman–Crippen MR) is 115 cm³/mol. The first-order valence-electron chi connectivity index (χ1n) is 8.33. The summed E-state index contributed by atoms with van der Waals surface area (Å²) in [5, 5.41) is 24.1. The zero-order valence-electron chi connectivity index (χ0n) is 15.2. The molecule has 3 aromatic rings. The van der Waals surface area contributed by atoms with Gasteiger partial charge in [0, 0.05) is 18.7 Å². The molecule has 2 heterocycles. The summed E-state index contributed by atoms with van der Waals surface area (Å²) in [6.45, 7) is 0.554. The lowest BCUT2D eigenvalue weighted by Gasteiger charge is -2.06. The molecule has 0 saturated heterocycles. The molecule has 9 nitrogen and oxygen atoms in total. The van der Waals surface area contributed by atoms with E-state index < -0.39 is 9.85 Å². The average Bonchev–Trinajstić information content (AvgIpc) is 2.69. The molecule has 0 aliphatic rings. The molecule has 12 heteroatoms. The van der Waals surface area contributed by atoms with Gasteiger partial charge in [-0.1, -0.05) is 65.1 Å². The third kappa shape index (κ3) is 7.11. The van der Waals surface area contributed by atoms with Crippen molar-refractivity contribution in [2.45, 2.75) is 6.42 Å². The predicted octanol–water partition coefficient (Wildman–Crippen LogP) is 5.59. The summed E-state index contributed by atoms with van der Waals surface area (Å²) in [7, 11) is 0. The van der Waals surface area contributed by atoms with Gasteiger partial charge in [0.2, 0.25) is 11.0 Å². The highest BCUT2D eigenvalue weighted by atomic mass is 35.5. The van der Waals surface area contributed by atoms with Crippen LogP contribution in [-0.2, 0) is 6.42 Å². The summed E-state index contributed by atoms with van der Waals surface area (Å²) in [6.07, 6.45) is 0.756. The molecule has 1 aromatic carbocycles. The Morgan fingerprint density at radius 1 is 0.800 bits per heavy atom. The van der Waals surface area contributed by atoms with Crippen molar-refractivity contribution in [3.63, 3.8) is 0 Å². The van der Waals surface area contributed by atoms with Gasteiger partial charge in [0.25, 0.3) is 0 Å². The number of anilines is 1. The van der Waals surface area contributed by atoms with Crippen molar-refractivity contribution in [2.24, 2.45) is 0 Å². The molecular weight excluding hydrogens is 457 g/mol. The number of rotatable bonds is 6. The van der Waals surface area contributed by atoms with E-state index in [0.29, 0.717) is 6.54 Å². The van der Waals surface area contributed by atoms with Crippen molar-refractivity contribution in [1.29, 1.82) is 0 Å². The highest BCUT2D eigenvalue weighted by molar-refractivity contribution is 6.33. The summed E-state index contributed by atoms with van der Waals surface area (Å²) < 4.78 is 0. The molecule has 0 fully saturated rings. The Labute approximate surface area is 185 Å². The highest BCUT2D eigenvalue weighted by Crippen LogP contribution is 2.24. The number of benzene rings is 1. The summed E-state index contributed by atoms with van der Waals surface area (Å²) in [5.41, 5.74) is 0.841. The summed E-state index contributed by atoms with van der Waals surface area (Å²) in [4.78, 5) is 27.3. The summed E-state index contributed by atoms with van der Waals surface area (Å²) in [6, 6.07) is 15.1. The largest absolute Gasteiger partial charge is 0.364 e. The quantitative estimate of drug-likeness (QED) is 0.282. The van der Waals surface area contributed by atoms with Gasteiger partial charge in [0.1, 0.15) is 10.3 Å². The van der Waals surface area contributed by atoms with Crippen molar-refractivity contribution in [3.05, 3.63) is 95.8 Å². The van der Waals surface area contributed by atoms with Crippen LogP contribution in [0.1, 0.15) is 5.56 Å². The molecule has 0 aliphatic heterocycles. The number of pyridine rings is 2. The van der Waals surface area contributed by atoms with Gasteiger partial charge >= 0.3 is 11.4 Å². The van der Waals surface area contributed by atoms with Gasteiger partial charge in [-0.15, -0.1) is 0 Å². The molecule has 0 saturated carbocycles. The molecule has 0 radical (unpaired) electrons. The molecule has 2 aromatic heterocycles. The lowest BCUT2D eigenvalue weighted by molar-refractivity contribution is -0.385. The maximum absolute atomic E-state index is 10.8. The van der Waals surface area contributed by atoms with E-state index in [1.807, 2.05) is 30.3 Å². The molecule has 30 heavy (non-hydrogen) atoms. The first kappa shape index (κ1) is 23.3. The van der Waals surface area contributed by atoms with Gasteiger partial charge < -0.3 is 5.32 Å². The van der Waals surface area contributed by atoms with Crippen LogP contribution in [0, 0.1) is 20.2 Å². The Balaban J connectivity index is 0.000000248. The topological polar surface area (TPSA) is 124 Å². The SMILES string of the molecule is O=[N+]([O-])c1ccc(Cl)nc1Cl.O=[N+]([O-])c1ccc(Cl)nc1NCCc1ccccc1. The van der Waals surface area contributed by atoms with Crippen LogP contribution < -0.4 is 5.32 Å². The molecule has 1 N–H and O–H groups in total. The van der Waals surface area contributed by atoms with E-state index in [-0.39, 0.29) is 32.7 Å².